The van der Waals surface area contributed by atoms with Gasteiger partial charge in [-0.15, -0.1) is 0 Å². The number of nitrogens with zero attached hydrogens (tertiary/aromatic N) is 3. The van der Waals surface area contributed by atoms with Crippen LogP contribution in [0.5, 0.6) is 0 Å². The van der Waals surface area contributed by atoms with Gasteiger partial charge in [0.2, 0.25) is 0 Å². The van der Waals surface area contributed by atoms with Crippen molar-refractivity contribution >= 4 is 22.6 Å². The quantitative estimate of drug-likeness (QED) is 0.581. The second kappa shape index (κ2) is 6.18. The Labute approximate surface area is 144 Å². The minimum Gasteiger partial charge on any atom is -0.463 e. The molecule has 4 heterocycles. The number of amides is 1. The lowest BCUT2D eigenvalue weighted by Crippen LogP contribution is -2.49. The summed E-state index contributed by atoms with van der Waals surface area (Å²) in [5, 5.41) is 0.675. The smallest absolute Gasteiger partial charge is 0.295 e. The minimum atomic E-state index is -0.493. The Morgan fingerprint density at radius 3 is 2.72 bits per heavy atom. The maximum atomic E-state index is 12.7. The molecule has 0 aromatic carbocycles. The van der Waals surface area contributed by atoms with Gasteiger partial charge in [0.1, 0.15) is 5.69 Å². The molecule has 3 aromatic rings. The van der Waals surface area contributed by atoms with Crippen LogP contribution in [-0.2, 0) is 4.79 Å². The number of fused-ring (bicyclic) bond motifs is 1. The molecule has 0 saturated carbocycles. The second-order valence-corrected chi connectivity index (χ2v) is 6.19. The highest BCUT2D eigenvalue weighted by molar-refractivity contribution is 6.45. The molecule has 0 radical (unpaired) electrons. The number of piperazine rings is 1. The molecule has 0 unspecified atom stereocenters. The van der Waals surface area contributed by atoms with Crippen LogP contribution in [0.25, 0.3) is 22.4 Å². The molecule has 1 amide bonds. The third kappa shape index (κ3) is 2.72. The van der Waals surface area contributed by atoms with E-state index in [4.69, 9.17) is 4.42 Å². The Bertz CT molecular complexity index is 921. The molecule has 4 rings (SSSR count). The highest BCUT2D eigenvalue weighted by atomic mass is 16.3. The molecule has 25 heavy (non-hydrogen) atoms. The van der Waals surface area contributed by atoms with E-state index in [9.17, 15) is 9.59 Å². The van der Waals surface area contributed by atoms with Gasteiger partial charge in [0.15, 0.2) is 5.76 Å². The van der Waals surface area contributed by atoms with Gasteiger partial charge in [-0.1, -0.05) is 0 Å². The highest BCUT2D eigenvalue weighted by Gasteiger charge is 2.28. The molecule has 0 aliphatic carbocycles. The van der Waals surface area contributed by atoms with Crippen LogP contribution >= 0.6 is 0 Å². The summed E-state index contributed by atoms with van der Waals surface area (Å²) in [5.41, 5.74) is 1.68. The number of furan rings is 1. The van der Waals surface area contributed by atoms with Gasteiger partial charge < -0.3 is 19.2 Å². The number of hydrogen-bond donors (Lipinski definition) is 1. The fourth-order valence-corrected chi connectivity index (χ4v) is 3.11. The Hall–Kier alpha value is -2.93. The summed E-state index contributed by atoms with van der Waals surface area (Å²) in [6, 6.07) is 5.32. The zero-order chi connectivity index (χ0) is 17.4. The highest BCUT2D eigenvalue weighted by Crippen LogP contribution is 2.28. The first-order chi connectivity index (χ1) is 12.1. The summed E-state index contributed by atoms with van der Waals surface area (Å²) < 4.78 is 5.40. The van der Waals surface area contributed by atoms with Crippen LogP contribution in [0.2, 0.25) is 0 Å². The number of likely N-dealkylation sites (N-methyl/N-ethyl adjacent to an activating group) is 1. The third-order valence-electron chi connectivity index (χ3n) is 4.59. The molecule has 0 spiro atoms. The number of H-pyrrole nitrogens is 1. The molecule has 1 N–H and O–H groups in total. The van der Waals surface area contributed by atoms with Crippen molar-refractivity contribution < 1.29 is 14.0 Å². The van der Waals surface area contributed by atoms with Crippen molar-refractivity contribution in [2.75, 3.05) is 33.2 Å². The molecular formula is C18H18N4O3. The maximum absolute atomic E-state index is 12.7. The lowest BCUT2D eigenvalue weighted by atomic mass is 10.1. The summed E-state index contributed by atoms with van der Waals surface area (Å²) in [5.74, 6) is -0.338. The van der Waals surface area contributed by atoms with Gasteiger partial charge in [0.25, 0.3) is 11.7 Å². The van der Waals surface area contributed by atoms with E-state index in [0.29, 0.717) is 41.0 Å². The number of rotatable bonds is 3. The molecule has 0 atom stereocenters. The van der Waals surface area contributed by atoms with Crippen molar-refractivity contribution in [3.05, 3.63) is 42.4 Å². The molecular weight excluding hydrogens is 320 g/mol. The summed E-state index contributed by atoms with van der Waals surface area (Å²) in [7, 11) is 2.01. The third-order valence-corrected chi connectivity index (χ3v) is 4.59. The topological polar surface area (TPSA) is 82.4 Å². The van der Waals surface area contributed by atoms with Crippen LogP contribution in [0.3, 0.4) is 0 Å². The number of aromatic amines is 1. The van der Waals surface area contributed by atoms with Crippen LogP contribution in [0.15, 0.2) is 41.3 Å². The average Bonchev–Trinajstić information content (AvgIpc) is 3.30. The predicted molar refractivity (Wildman–Crippen MR) is 92.2 cm³/mol. The summed E-state index contributed by atoms with van der Waals surface area (Å²) in [6.45, 7) is 2.70. The largest absolute Gasteiger partial charge is 0.463 e. The number of Topliss-reactive ketones (excluding diaryl/α,β-unsaturated/α-hetero) is 1. The molecule has 3 aromatic heterocycles. The first-order valence-corrected chi connectivity index (χ1v) is 8.17. The number of pyridine rings is 1. The van der Waals surface area contributed by atoms with Crippen LogP contribution < -0.4 is 0 Å². The Balaban J connectivity index is 1.67. The average molecular weight is 338 g/mol. The molecule has 1 aliphatic heterocycles. The van der Waals surface area contributed by atoms with E-state index in [1.54, 1.807) is 41.8 Å². The van der Waals surface area contributed by atoms with Crippen LogP contribution in [0, 0.1) is 0 Å². The van der Waals surface area contributed by atoms with Crippen LogP contribution in [0.4, 0.5) is 0 Å². The zero-order valence-electron chi connectivity index (χ0n) is 13.9. The Kier molecular flexibility index (Phi) is 3.85. The van der Waals surface area contributed by atoms with Crippen molar-refractivity contribution in [1.82, 2.24) is 19.8 Å². The lowest BCUT2D eigenvalue weighted by Gasteiger charge is -2.31. The number of hydrogen-bond acceptors (Lipinski definition) is 5. The lowest BCUT2D eigenvalue weighted by molar-refractivity contribution is -0.127. The fourth-order valence-electron chi connectivity index (χ4n) is 3.11. The van der Waals surface area contributed by atoms with E-state index in [-0.39, 0.29) is 0 Å². The molecule has 7 nitrogen and oxygen atoms in total. The van der Waals surface area contributed by atoms with Gasteiger partial charge >= 0.3 is 0 Å². The summed E-state index contributed by atoms with van der Waals surface area (Å²) in [6.07, 6.45) is 4.77. The number of aromatic nitrogens is 2. The normalized spacial score (nSPS) is 15.6. The number of carbonyl (C=O) groups excluding carboxylic acids is 2. The number of carbonyl (C=O) groups is 2. The fraction of sp³-hybridized carbons (Fsp3) is 0.278. The molecule has 1 saturated heterocycles. The number of nitrogens with one attached hydrogen (secondary N) is 1. The van der Waals surface area contributed by atoms with Crippen molar-refractivity contribution in [3.8, 4) is 11.5 Å². The van der Waals surface area contributed by atoms with Gasteiger partial charge in [0, 0.05) is 44.0 Å². The van der Waals surface area contributed by atoms with E-state index < -0.39 is 11.7 Å². The first-order valence-electron chi connectivity index (χ1n) is 8.17. The monoisotopic (exact) mass is 338 g/mol. The maximum Gasteiger partial charge on any atom is 0.295 e. The predicted octanol–water partition coefficient (Wildman–Crippen LogP) is 1.78. The van der Waals surface area contributed by atoms with Gasteiger partial charge in [-0.25, -0.2) is 0 Å². The van der Waals surface area contributed by atoms with Crippen LogP contribution in [0.1, 0.15) is 10.4 Å². The molecule has 7 heteroatoms. The van der Waals surface area contributed by atoms with Gasteiger partial charge in [-0.05, 0) is 25.2 Å². The molecule has 1 fully saturated rings. The van der Waals surface area contributed by atoms with E-state index in [2.05, 4.69) is 14.9 Å². The van der Waals surface area contributed by atoms with Gasteiger partial charge in [-0.2, -0.15) is 0 Å². The van der Waals surface area contributed by atoms with Gasteiger partial charge in [0.05, 0.1) is 17.3 Å². The van der Waals surface area contributed by atoms with Crippen LogP contribution in [-0.4, -0.2) is 64.7 Å². The molecule has 0 bridgehead atoms. The van der Waals surface area contributed by atoms with Crippen molar-refractivity contribution in [3.63, 3.8) is 0 Å². The van der Waals surface area contributed by atoms with E-state index in [1.165, 1.54) is 0 Å². The van der Waals surface area contributed by atoms with E-state index >= 15 is 0 Å². The Morgan fingerprint density at radius 1 is 1.20 bits per heavy atom. The summed E-state index contributed by atoms with van der Waals surface area (Å²) >= 11 is 0. The summed E-state index contributed by atoms with van der Waals surface area (Å²) in [4.78, 5) is 36.5. The first kappa shape index (κ1) is 15.6. The van der Waals surface area contributed by atoms with Crippen molar-refractivity contribution in [2.45, 2.75) is 0 Å². The van der Waals surface area contributed by atoms with E-state index in [1.807, 2.05) is 7.05 Å². The second-order valence-electron chi connectivity index (χ2n) is 6.19. The molecule has 1 aliphatic rings. The molecule has 128 valence electrons. The van der Waals surface area contributed by atoms with E-state index in [0.717, 1.165) is 13.1 Å². The zero-order valence-corrected chi connectivity index (χ0v) is 13.9. The van der Waals surface area contributed by atoms with Crippen molar-refractivity contribution in [2.24, 2.45) is 0 Å². The van der Waals surface area contributed by atoms with Gasteiger partial charge in [-0.3, -0.25) is 14.6 Å². The SMILES string of the molecule is CN1CCN(C(=O)C(=O)c2c[nH]c3c(-c4ccco4)nccc23)CC1. The Morgan fingerprint density at radius 2 is 2.00 bits per heavy atom. The number of ketones is 1. The van der Waals surface area contributed by atoms with Crippen molar-refractivity contribution in [1.29, 1.82) is 0 Å². The minimum absolute atomic E-state index is 0.370. The standard InChI is InChI=1S/C18H18N4O3/c1-21-6-8-22(9-7-21)18(24)17(23)13-11-20-15-12(13)4-5-19-16(15)14-3-2-10-25-14/h2-5,10-11,20H,6-9H2,1H3.